The Hall–Kier alpha value is -0.160. The van der Waals surface area contributed by atoms with Crippen LogP contribution in [-0.2, 0) is 4.74 Å². The van der Waals surface area contributed by atoms with E-state index in [2.05, 4.69) is 17.1 Å². The number of nitrogens with one attached hydrogen (secondary N) is 1. The molecule has 0 aromatic carbocycles. The average molecular weight is 242 g/mol. The van der Waals surface area contributed by atoms with Gasteiger partial charge in [0.25, 0.3) is 0 Å². The van der Waals surface area contributed by atoms with Gasteiger partial charge in [-0.1, -0.05) is 0 Å². The molecule has 0 radical (unpaired) electrons. The van der Waals surface area contributed by atoms with Crippen LogP contribution in [0, 0.1) is 5.92 Å². The Kier molecular flexibility index (Phi) is 5.22. The molecule has 17 heavy (non-hydrogen) atoms. The van der Waals surface area contributed by atoms with Crippen molar-refractivity contribution in [1.82, 2.24) is 10.2 Å². The van der Waals surface area contributed by atoms with E-state index in [1.807, 2.05) is 0 Å². The van der Waals surface area contributed by atoms with Gasteiger partial charge in [0.2, 0.25) is 0 Å². The first-order chi connectivity index (χ1) is 8.25. The first-order valence-corrected chi connectivity index (χ1v) is 6.97. The molecule has 0 bridgehead atoms. The van der Waals surface area contributed by atoms with Crippen molar-refractivity contribution >= 4 is 0 Å². The second kappa shape index (κ2) is 6.69. The van der Waals surface area contributed by atoms with Crippen LogP contribution in [0.15, 0.2) is 0 Å². The highest BCUT2D eigenvalue weighted by Crippen LogP contribution is 2.16. The number of hydrogen-bond donors (Lipinski definition) is 2. The fourth-order valence-electron chi connectivity index (χ4n) is 2.76. The van der Waals surface area contributed by atoms with Crippen molar-refractivity contribution < 1.29 is 9.84 Å². The lowest BCUT2D eigenvalue weighted by molar-refractivity contribution is 0.116. The highest BCUT2D eigenvalue weighted by molar-refractivity contribution is 4.78. The molecule has 2 aliphatic rings. The molecule has 2 saturated heterocycles. The molecular formula is C13H26N2O2. The zero-order valence-corrected chi connectivity index (χ0v) is 10.9. The van der Waals surface area contributed by atoms with Crippen LogP contribution in [0.5, 0.6) is 0 Å². The van der Waals surface area contributed by atoms with Crippen LogP contribution in [0.3, 0.4) is 0 Å². The SMILES string of the molecule is CC(NCC(O)CN1CCCC1)C1CCOC1. The largest absolute Gasteiger partial charge is 0.390 e. The van der Waals surface area contributed by atoms with Crippen LogP contribution in [-0.4, -0.2) is 61.5 Å². The van der Waals surface area contributed by atoms with E-state index < -0.39 is 0 Å². The van der Waals surface area contributed by atoms with E-state index in [4.69, 9.17) is 4.74 Å². The minimum absolute atomic E-state index is 0.238. The number of hydrogen-bond acceptors (Lipinski definition) is 4. The Morgan fingerprint density at radius 2 is 2.18 bits per heavy atom. The van der Waals surface area contributed by atoms with Crippen LogP contribution < -0.4 is 5.32 Å². The van der Waals surface area contributed by atoms with Crippen LogP contribution in [0.2, 0.25) is 0 Å². The third-order valence-corrected chi connectivity index (χ3v) is 4.02. The maximum Gasteiger partial charge on any atom is 0.0791 e. The topological polar surface area (TPSA) is 44.7 Å². The number of β-amino-alcohol motifs (C(OH)–C–C–N with tert-alkyl or cyclic N) is 1. The summed E-state index contributed by atoms with van der Waals surface area (Å²) in [5.41, 5.74) is 0. The fourth-order valence-corrected chi connectivity index (χ4v) is 2.76. The Morgan fingerprint density at radius 1 is 1.41 bits per heavy atom. The van der Waals surface area contributed by atoms with E-state index >= 15 is 0 Å². The van der Waals surface area contributed by atoms with E-state index in [0.29, 0.717) is 18.5 Å². The summed E-state index contributed by atoms with van der Waals surface area (Å²) in [7, 11) is 0. The molecule has 2 fully saturated rings. The van der Waals surface area contributed by atoms with E-state index in [1.165, 1.54) is 12.8 Å². The van der Waals surface area contributed by atoms with Crippen molar-refractivity contribution in [1.29, 1.82) is 0 Å². The van der Waals surface area contributed by atoms with E-state index in [1.54, 1.807) is 0 Å². The molecule has 100 valence electrons. The number of ether oxygens (including phenoxy) is 1. The molecule has 2 aliphatic heterocycles. The summed E-state index contributed by atoms with van der Waals surface area (Å²) in [5.74, 6) is 0.619. The molecular weight excluding hydrogens is 216 g/mol. The molecule has 0 aliphatic carbocycles. The molecule has 2 N–H and O–H groups in total. The number of likely N-dealkylation sites (tertiary alicyclic amines) is 1. The van der Waals surface area contributed by atoms with Gasteiger partial charge in [-0.2, -0.15) is 0 Å². The Morgan fingerprint density at radius 3 is 2.82 bits per heavy atom. The summed E-state index contributed by atoms with van der Waals surface area (Å²) in [6, 6.07) is 0.450. The maximum atomic E-state index is 9.97. The molecule has 0 saturated carbocycles. The predicted molar refractivity (Wildman–Crippen MR) is 68.1 cm³/mol. The predicted octanol–water partition coefficient (Wildman–Crippen LogP) is 0.458. The van der Waals surface area contributed by atoms with Gasteiger partial charge in [-0.05, 0) is 45.2 Å². The fraction of sp³-hybridized carbons (Fsp3) is 1.00. The molecule has 3 atom stereocenters. The number of rotatable bonds is 6. The lowest BCUT2D eigenvalue weighted by atomic mass is 10.0. The minimum atomic E-state index is -0.238. The molecule has 2 heterocycles. The van der Waals surface area contributed by atoms with Crippen molar-refractivity contribution in [3.63, 3.8) is 0 Å². The number of aliphatic hydroxyl groups excluding tert-OH is 1. The molecule has 0 spiro atoms. The van der Waals surface area contributed by atoms with E-state index in [9.17, 15) is 5.11 Å². The lowest BCUT2D eigenvalue weighted by Gasteiger charge is -2.23. The molecule has 4 heteroatoms. The highest BCUT2D eigenvalue weighted by Gasteiger charge is 2.23. The number of aliphatic hydroxyl groups is 1. The Balaban J connectivity index is 1.59. The van der Waals surface area contributed by atoms with Gasteiger partial charge in [0.15, 0.2) is 0 Å². The smallest absolute Gasteiger partial charge is 0.0791 e. The Bertz CT molecular complexity index is 213. The van der Waals surface area contributed by atoms with E-state index in [-0.39, 0.29) is 6.10 Å². The van der Waals surface area contributed by atoms with Crippen LogP contribution >= 0.6 is 0 Å². The summed E-state index contributed by atoms with van der Waals surface area (Å²) in [6.45, 7) is 7.80. The first-order valence-electron chi connectivity index (χ1n) is 6.97. The van der Waals surface area contributed by atoms with Crippen molar-refractivity contribution in [3.8, 4) is 0 Å². The van der Waals surface area contributed by atoms with Crippen molar-refractivity contribution in [2.24, 2.45) is 5.92 Å². The monoisotopic (exact) mass is 242 g/mol. The number of nitrogens with zero attached hydrogens (tertiary/aromatic N) is 1. The summed E-state index contributed by atoms with van der Waals surface area (Å²) >= 11 is 0. The summed E-state index contributed by atoms with van der Waals surface area (Å²) in [6.07, 6.45) is 3.49. The highest BCUT2D eigenvalue weighted by atomic mass is 16.5. The zero-order chi connectivity index (χ0) is 12.1. The van der Waals surface area contributed by atoms with Crippen LogP contribution in [0.25, 0.3) is 0 Å². The molecule has 0 aromatic heterocycles. The van der Waals surface area contributed by atoms with Crippen molar-refractivity contribution in [2.75, 3.05) is 39.4 Å². The van der Waals surface area contributed by atoms with Crippen molar-refractivity contribution in [3.05, 3.63) is 0 Å². The average Bonchev–Trinajstić information content (AvgIpc) is 2.97. The zero-order valence-electron chi connectivity index (χ0n) is 10.9. The third-order valence-electron chi connectivity index (χ3n) is 4.02. The summed E-state index contributed by atoms with van der Waals surface area (Å²) < 4.78 is 5.38. The Labute approximate surface area is 104 Å². The molecule has 4 nitrogen and oxygen atoms in total. The standard InChI is InChI=1S/C13H26N2O2/c1-11(12-4-7-17-10-12)14-8-13(16)9-15-5-2-3-6-15/h11-14,16H,2-10H2,1H3. The van der Waals surface area contributed by atoms with Gasteiger partial charge in [0.1, 0.15) is 0 Å². The van der Waals surface area contributed by atoms with Gasteiger partial charge >= 0.3 is 0 Å². The van der Waals surface area contributed by atoms with Gasteiger partial charge in [-0.3, -0.25) is 0 Å². The normalized spacial score (nSPS) is 29.6. The van der Waals surface area contributed by atoms with Gasteiger partial charge in [-0.15, -0.1) is 0 Å². The maximum absolute atomic E-state index is 9.97. The molecule has 0 amide bonds. The summed E-state index contributed by atoms with van der Waals surface area (Å²) in [4.78, 5) is 2.36. The minimum Gasteiger partial charge on any atom is -0.390 e. The van der Waals surface area contributed by atoms with Gasteiger partial charge < -0.3 is 20.1 Å². The first kappa shape index (κ1) is 13.3. The van der Waals surface area contributed by atoms with E-state index in [0.717, 1.165) is 39.3 Å². The van der Waals surface area contributed by atoms with Crippen molar-refractivity contribution in [2.45, 2.75) is 38.3 Å². The van der Waals surface area contributed by atoms with Crippen LogP contribution in [0.4, 0.5) is 0 Å². The molecule has 0 aromatic rings. The van der Waals surface area contributed by atoms with Gasteiger partial charge in [-0.25, -0.2) is 0 Å². The second-order valence-electron chi connectivity index (χ2n) is 5.48. The van der Waals surface area contributed by atoms with Gasteiger partial charge in [0.05, 0.1) is 12.7 Å². The second-order valence-corrected chi connectivity index (χ2v) is 5.48. The lowest BCUT2D eigenvalue weighted by Crippen LogP contribution is -2.42. The summed E-state index contributed by atoms with van der Waals surface area (Å²) in [5, 5.41) is 13.4. The van der Waals surface area contributed by atoms with Crippen LogP contribution in [0.1, 0.15) is 26.2 Å². The third kappa shape index (κ3) is 4.21. The molecule has 3 unspecified atom stereocenters. The quantitative estimate of drug-likeness (QED) is 0.710. The molecule has 2 rings (SSSR count). The van der Waals surface area contributed by atoms with Gasteiger partial charge in [0, 0.05) is 25.7 Å².